The predicted octanol–water partition coefficient (Wildman–Crippen LogP) is 16.3. The molecule has 6 heteroatoms. The Balaban J connectivity index is 4.28. The molecule has 0 aromatic heterocycles. The molecule has 1 atom stereocenters. The lowest BCUT2D eigenvalue weighted by Crippen LogP contribution is -2.30. The standard InChI is InChI=1S/C51H98O6/c1-5-7-9-11-13-15-17-19-20-21-22-23-25-27-31-36-40-44-51(54)57-48(46-56-50(53)43-39-35-32-28-29-33-37-41-47(3)4)45-55-49(52)42-38-34-30-26-24-18-16-14-12-10-8-6-2/h47-48H,5-46H2,1-4H3/t48-/m0/s1. The van der Waals surface area contributed by atoms with Gasteiger partial charge in [0.2, 0.25) is 0 Å². The van der Waals surface area contributed by atoms with Crippen LogP contribution >= 0.6 is 0 Å². The normalized spacial score (nSPS) is 11.9. The Morgan fingerprint density at radius 1 is 0.333 bits per heavy atom. The van der Waals surface area contributed by atoms with E-state index in [2.05, 4.69) is 27.7 Å². The highest BCUT2D eigenvalue weighted by Crippen LogP contribution is 2.17. The molecule has 0 heterocycles. The number of rotatable bonds is 46. The van der Waals surface area contributed by atoms with E-state index in [-0.39, 0.29) is 31.1 Å². The summed E-state index contributed by atoms with van der Waals surface area (Å²) in [5, 5.41) is 0. The molecule has 0 aliphatic carbocycles. The number of ether oxygens (including phenoxy) is 3. The van der Waals surface area contributed by atoms with Crippen molar-refractivity contribution in [2.24, 2.45) is 5.92 Å². The summed E-state index contributed by atoms with van der Waals surface area (Å²) in [6.07, 6.45) is 46.7. The third kappa shape index (κ3) is 45.3. The van der Waals surface area contributed by atoms with Gasteiger partial charge in [-0.3, -0.25) is 14.4 Å². The zero-order valence-electron chi connectivity index (χ0n) is 38.8. The van der Waals surface area contributed by atoms with Gasteiger partial charge < -0.3 is 14.2 Å². The first kappa shape index (κ1) is 55.4. The Bertz CT molecular complexity index is 857. The predicted molar refractivity (Wildman–Crippen MR) is 243 cm³/mol. The van der Waals surface area contributed by atoms with Crippen LogP contribution in [0.1, 0.15) is 285 Å². The molecule has 6 nitrogen and oxygen atoms in total. The van der Waals surface area contributed by atoms with Crippen molar-refractivity contribution in [3.63, 3.8) is 0 Å². The highest BCUT2D eigenvalue weighted by molar-refractivity contribution is 5.71. The van der Waals surface area contributed by atoms with E-state index in [0.29, 0.717) is 19.3 Å². The lowest BCUT2D eigenvalue weighted by molar-refractivity contribution is -0.167. The minimum atomic E-state index is -0.760. The summed E-state index contributed by atoms with van der Waals surface area (Å²) in [5.74, 6) is -0.0676. The van der Waals surface area contributed by atoms with Crippen LogP contribution in [0.2, 0.25) is 0 Å². The Morgan fingerprint density at radius 3 is 0.860 bits per heavy atom. The molecule has 0 spiro atoms. The average molecular weight is 807 g/mol. The maximum absolute atomic E-state index is 12.8. The van der Waals surface area contributed by atoms with Crippen molar-refractivity contribution in [3.05, 3.63) is 0 Å². The maximum Gasteiger partial charge on any atom is 0.306 e. The van der Waals surface area contributed by atoms with Gasteiger partial charge in [0.05, 0.1) is 0 Å². The molecule has 57 heavy (non-hydrogen) atoms. The number of carbonyl (C=O) groups excluding carboxylic acids is 3. The monoisotopic (exact) mass is 807 g/mol. The molecule has 0 aromatic rings. The van der Waals surface area contributed by atoms with Gasteiger partial charge in [0, 0.05) is 19.3 Å². The number of hydrogen-bond acceptors (Lipinski definition) is 6. The third-order valence-corrected chi connectivity index (χ3v) is 11.5. The van der Waals surface area contributed by atoms with Gasteiger partial charge in [-0.05, 0) is 25.2 Å². The largest absolute Gasteiger partial charge is 0.462 e. The van der Waals surface area contributed by atoms with Gasteiger partial charge in [-0.25, -0.2) is 0 Å². The maximum atomic E-state index is 12.8. The van der Waals surface area contributed by atoms with Crippen LogP contribution in [0, 0.1) is 5.92 Å². The average Bonchev–Trinajstić information content (AvgIpc) is 3.19. The second-order valence-electron chi connectivity index (χ2n) is 17.9. The van der Waals surface area contributed by atoms with E-state index >= 15 is 0 Å². The number of unbranched alkanes of at least 4 members (excludes halogenated alkanes) is 33. The van der Waals surface area contributed by atoms with Crippen molar-refractivity contribution in [3.8, 4) is 0 Å². The topological polar surface area (TPSA) is 78.9 Å². The van der Waals surface area contributed by atoms with Crippen molar-refractivity contribution in [2.45, 2.75) is 291 Å². The fraction of sp³-hybridized carbons (Fsp3) is 0.941. The van der Waals surface area contributed by atoms with E-state index in [1.807, 2.05) is 0 Å². The zero-order valence-corrected chi connectivity index (χ0v) is 38.8. The van der Waals surface area contributed by atoms with Gasteiger partial charge in [0.1, 0.15) is 13.2 Å². The quantitative estimate of drug-likeness (QED) is 0.0346. The fourth-order valence-electron chi connectivity index (χ4n) is 7.69. The molecule has 0 saturated heterocycles. The van der Waals surface area contributed by atoms with Gasteiger partial charge in [0.15, 0.2) is 6.10 Å². The van der Waals surface area contributed by atoms with Crippen LogP contribution in [-0.2, 0) is 28.6 Å². The van der Waals surface area contributed by atoms with Crippen molar-refractivity contribution in [2.75, 3.05) is 13.2 Å². The number of carbonyl (C=O) groups is 3. The van der Waals surface area contributed by atoms with Crippen LogP contribution in [-0.4, -0.2) is 37.2 Å². The van der Waals surface area contributed by atoms with E-state index < -0.39 is 6.10 Å². The molecular formula is C51H98O6. The van der Waals surface area contributed by atoms with E-state index in [4.69, 9.17) is 14.2 Å². The molecule has 0 N–H and O–H groups in total. The molecule has 0 rings (SSSR count). The molecular weight excluding hydrogens is 709 g/mol. The molecule has 338 valence electrons. The Labute approximate surface area is 355 Å². The Morgan fingerprint density at radius 2 is 0.579 bits per heavy atom. The Hall–Kier alpha value is -1.59. The van der Waals surface area contributed by atoms with E-state index in [0.717, 1.165) is 63.7 Å². The van der Waals surface area contributed by atoms with Crippen LogP contribution in [0.15, 0.2) is 0 Å². The first-order valence-electron chi connectivity index (χ1n) is 25.4. The lowest BCUT2D eigenvalue weighted by atomic mass is 10.0. The SMILES string of the molecule is CCCCCCCCCCCCCCCCCCCC(=O)O[C@@H](COC(=O)CCCCCCCCCCCCCC)COC(=O)CCCCCCCCCC(C)C. The number of hydrogen-bond donors (Lipinski definition) is 0. The Kier molecular flexibility index (Phi) is 44.2. The summed E-state index contributed by atoms with van der Waals surface area (Å²) in [6.45, 7) is 8.97. The van der Waals surface area contributed by atoms with Crippen LogP contribution < -0.4 is 0 Å². The molecule has 0 fully saturated rings. The smallest absolute Gasteiger partial charge is 0.306 e. The first-order chi connectivity index (χ1) is 27.9. The van der Waals surface area contributed by atoms with Gasteiger partial charge in [-0.2, -0.15) is 0 Å². The van der Waals surface area contributed by atoms with Gasteiger partial charge in [-0.1, -0.05) is 246 Å². The molecule has 0 bridgehead atoms. The van der Waals surface area contributed by atoms with E-state index in [1.54, 1.807) is 0 Å². The van der Waals surface area contributed by atoms with E-state index in [9.17, 15) is 14.4 Å². The van der Waals surface area contributed by atoms with Crippen molar-refractivity contribution in [1.29, 1.82) is 0 Å². The highest BCUT2D eigenvalue weighted by Gasteiger charge is 2.19. The van der Waals surface area contributed by atoms with Crippen molar-refractivity contribution in [1.82, 2.24) is 0 Å². The van der Waals surface area contributed by atoms with E-state index in [1.165, 1.54) is 180 Å². The summed E-state index contributed by atoms with van der Waals surface area (Å²) in [5.41, 5.74) is 0. The number of esters is 3. The molecule has 0 radical (unpaired) electrons. The zero-order chi connectivity index (χ0) is 41.7. The lowest BCUT2D eigenvalue weighted by Gasteiger charge is -2.18. The molecule has 0 aliphatic heterocycles. The van der Waals surface area contributed by atoms with Crippen LogP contribution in [0.3, 0.4) is 0 Å². The minimum Gasteiger partial charge on any atom is -0.462 e. The second kappa shape index (κ2) is 45.5. The first-order valence-corrected chi connectivity index (χ1v) is 25.4. The summed E-state index contributed by atoms with van der Waals surface area (Å²) in [6, 6.07) is 0. The van der Waals surface area contributed by atoms with Gasteiger partial charge in [0.25, 0.3) is 0 Å². The molecule has 0 amide bonds. The summed E-state index contributed by atoms with van der Waals surface area (Å²) >= 11 is 0. The van der Waals surface area contributed by atoms with Gasteiger partial charge in [-0.15, -0.1) is 0 Å². The van der Waals surface area contributed by atoms with Crippen molar-refractivity contribution < 1.29 is 28.6 Å². The van der Waals surface area contributed by atoms with Gasteiger partial charge >= 0.3 is 17.9 Å². The summed E-state index contributed by atoms with van der Waals surface area (Å²) in [4.78, 5) is 37.8. The van der Waals surface area contributed by atoms with Crippen molar-refractivity contribution >= 4 is 17.9 Å². The summed E-state index contributed by atoms with van der Waals surface area (Å²) < 4.78 is 16.8. The molecule has 0 aromatic carbocycles. The highest BCUT2D eigenvalue weighted by atomic mass is 16.6. The minimum absolute atomic E-state index is 0.0635. The third-order valence-electron chi connectivity index (χ3n) is 11.5. The van der Waals surface area contributed by atoms with Crippen LogP contribution in [0.25, 0.3) is 0 Å². The summed E-state index contributed by atoms with van der Waals surface area (Å²) in [7, 11) is 0. The second-order valence-corrected chi connectivity index (χ2v) is 17.9. The van der Waals surface area contributed by atoms with Crippen LogP contribution in [0.4, 0.5) is 0 Å². The van der Waals surface area contributed by atoms with Crippen LogP contribution in [0.5, 0.6) is 0 Å². The molecule has 0 saturated carbocycles. The molecule has 0 aliphatic rings. The molecule has 0 unspecified atom stereocenters. The fourth-order valence-corrected chi connectivity index (χ4v) is 7.69.